The second-order valence-electron chi connectivity index (χ2n) is 4.79. The lowest BCUT2D eigenvalue weighted by molar-refractivity contribution is 0.297. The molecule has 88 valence electrons. The Morgan fingerprint density at radius 3 is 2.94 bits per heavy atom. The molecule has 1 aromatic heterocycles. The topological polar surface area (TPSA) is 29.9 Å². The molecule has 1 aliphatic heterocycles. The maximum Gasteiger partial charge on any atom is 0.0682 e. The summed E-state index contributed by atoms with van der Waals surface area (Å²) in [5.74, 6) is 0.735. The van der Waals surface area contributed by atoms with Gasteiger partial charge in [0, 0.05) is 37.3 Å². The standard InChI is InChI=1S/C14H17N3/c1-11-3-2-4-13(7-11)14-5-6-16-17(14)10-12-8-15-9-12/h2-7,12,15H,8-10H2,1H3. The van der Waals surface area contributed by atoms with E-state index in [-0.39, 0.29) is 0 Å². The van der Waals surface area contributed by atoms with Crippen molar-refractivity contribution in [3.63, 3.8) is 0 Å². The Labute approximate surface area is 101 Å². The lowest BCUT2D eigenvalue weighted by atomic mass is 10.0. The number of hydrogen-bond acceptors (Lipinski definition) is 2. The SMILES string of the molecule is Cc1cccc(-c2ccnn2CC2CNC2)c1. The Bertz CT molecular complexity index is 512. The molecule has 1 fully saturated rings. The van der Waals surface area contributed by atoms with Gasteiger partial charge in [-0.05, 0) is 19.1 Å². The maximum absolute atomic E-state index is 4.43. The zero-order valence-corrected chi connectivity index (χ0v) is 10.1. The first-order valence-electron chi connectivity index (χ1n) is 6.12. The van der Waals surface area contributed by atoms with Gasteiger partial charge in [0.25, 0.3) is 0 Å². The van der Waals surface area contributed by atoms with E-state index in [9.17, 15) is 0 Å². The molecule has 2 aromatic rings. The van der Waals surface area contributed by atoms with Gasteiger partial charge < -0.3 is 5.32 Å². The lowest BCUT2D eigenvalue weighted by Crippen LogP contribution is -2.44. The molecule has 0 saturated carbocycles. The van der Waals surface area contributed by atoms with Gasteiger partial charge in [-0.3, -0.25) is 4.68 Å². The van der Waals surface area contributed by atoms with Crippen LogP contribution < -0.4 is 5.32 Å². The van der Waals surface area contributed by atoms with Crippen molar-refractivity contribution >= 4 is 0 Å². The van der Waals surface area contributed by atoms with Crippen LogP contribution in [0.4, 0.5) is 0 Å². The Balaban J connectivity index is 1.89. The number of hydrogen-bond donors (Lipinski definition) is 1. The molecule has 3 heteroatoms. The molecule has 1 saturated heterocycles. The summed E-state index contributed by atoms with van der Waals surface area (Å²) in [6, 6.07) is 10.7. The summed E-state index contributed by atoms with van der Waals surface area (Å²) in [4.78, 5) is 0. The Morgan fingerprint density at radius 2 is 2.24 bits per heavy atom. The van der Waals surface area contributed by atoms with Crippen LogP contribution in [0.2, 0.25) is 0 Å². The van der Waals surface area contributed by atoms with Crippen molar-refractivity contribution in [3.8, 4) is 11.3 Å². The molecule has 1 N–H and O–H groups in total. The predicted octanol–water partition coefficient (Wildman–Crippen LogP) is 2.08. The van der Waals surface area contributed by atoms with E-state index in [0.717, 1.165) is 25.6 Å². The van der Waals surface area contributed by atoms with Crippen LogP contribution in [0.3, 0.4) is 0 Å². The van der Waals surface area contributed by atoms with Gasteiger partial charge in [-0.15, -0.1) is 0 Å². The molecule has 0 atom stereocenters. The number of aryl methyl sites for hydroxylation is 1. The number of rotatable bonds is 3. The Kier molecular flexibility index (Phi) is 2.69. The van der Waals surface area contributed by atoms with E-state index in [2.05, 4.69) is 52.4 Å². The van der Waals surface area contributed by atoms with E-state index >= 15 is 0 Å². The first-order chi connectivity index (χ1) is 8.33. The molecule has 0 amide bonds. The summed E-state index contributed by atoms with van der Waals surface area (Å²) < 4.78 is 2.13. The molecular formula is C14H17N3. The highest BCUT2D eigenvalue weighted by molar-refractivity contribution is 5.60. The summed E-state index contributed by atoms with van der Waals surface area (Å²) in [5, 5.41) is 7.73. The van der Waals surface area contributed by atoms with Crippen molar-refractivity contribution in [2.45, 2.75) is 13.5 Å². The van der Waals surface area contributed by atoms with Gasteiger partial charge in [0.1, 0.15) is 0 Å². The smallest absolute Gasteiger partial charge is 0.0682 e. The van der Waals surface area contributed by atoms with E-state index < -0.39 is 0 Å². The highest BCUT2D eigenvalue weighted by Crippen LogP contribution is 2.21. The van der Waals surface area contributed by atoms with Gasteiger partial charge >= 0.3 is 0 Å². The van der Waals surface area contributed by atoms with Gasteiger partial charge in [0.05, 0.1) is 5.69 Å². The zero-order chi connectivity index (χ0) is 11.7. The molecule has 0 radical (unpaired) electrons. The first kappa shape index (κ1) is 10.5. The highest BCUT2D eigenvalue weighted by atomic mass is 15.3. The van der Waals surface area contributed by atoms with Crippen molar-refractivity contribution in [2.75, 3.05) is 13.1 Å². The average molecular weight is 227 g/mol. The second-order valence-corrected chi connectivity index (χ2v) is 4.79. The number of aromatic nitrogens is 2. The minimum Gasteiger partial charge on any atom is -0.316 e. The maximum atomic E-state index is 4.43. The lowest BCUT2D eigenvalue weighted by Gasteiger charge is -2.27. The average Bonchev–Trinajstić information content (AvgIpc) is 2.71. The normalized spacial score (nSPS) is 15.8. The number of benzene rings is 1. The molecule has 1 aliphatic rings. The van der Waals surface area contributed by atoms with Crippen LogP contribution in [0, 0.1) is 12.8 Å². The van der Waals surface area contributed by atoms with Crippen molar-refractivity contribution in [1.29, 1.82) is 0 Å². The molecule has 0 unspecified atom stereocenters. The molecule has 0 bridgehead atoms. The quantitative estimate of drug-likeness (QED) is 0.870. The number of nitrogens with one attached hydrogen (secondary N) is 1. The van der Waals surface area contributed by atoms with Gasteiger partial charge in [-0.25, -0.2) is 0 Å². The number of nitrogens with zero attached hydrogens (tertiary/aromatic N) is 2. The molecule has 1 aromatic carbocycles. The molecule has 0 spiro atoms. The molecule has 3 nitrogen and oxygen atoms in total. The van der Waals surface area contributed by atoms with E-state index in [1.165, 1.54) is 16.8 Å². The van der Waals surface area contributed by atoms with Crippen molar-refractivity contribution < 1.29 is 0 Å². The van der Waals surface area contributed by atoms with E-state index in [4.69, 9.17) is 0 Å². The fraction of sp³-hybridized carbons (Fsp3) is 0.357. The van der Waals surface area contributed by atoms with Crippen molar-refractivity contribution in [3.05, 3.63) is 42.1 Å². The molecule has 0 aliphatic carbocycles. The monoisotopic (exact) mass is 227 g/mol. The predicted molar refractivity (Wildman–Crippen MR) is 68.8 cm³/mol. The summed E-state index contributed by atoms with van der Waals surface area (Å²) >= 11 is 0. The largest absolute Gasteiger partial charge is 0.316 e. The van der Waals surface area contributed by atoms with Gasteiger partial charge in [-0.1, -0.05) is 23.8 Å². The van der Waals surface area contributed by atoms with Crippen LogP contribution in [0.25, 0.3) is 11.3 Å². The van der Waals surface area contributed by atoms with Crippen molar-refractivity contribution in [1.82, 2.24) is 15.1 Å². The summed E-state index contributed by atoms with van der Waals surface area (Å²) in [5.41, 5.74) is 3.77. The summed E-state index contributed by atoms with van der Waals surface area (Å²) in [6.07, 6.45) is 1.89. The molecule has 17 heavy (non-hydrogen) atoms. The summed E-state index contributed by atoms with van der Waals surface area (Å²) in [6.45, 7) is 5.38. The molecule has 2 heterocycles. The van der Waals surface area contributed by atoms with Gasteiger partial charge in [0.15, 0.2) is 0 Å². The fourth-order valence-electron chi connectivity index (χ4n) is 2.25. The van der Waals surface area contributed by atoms with Crippen molar-refractivity contribution in [2.24, 2.45) is 5.92 Å². The van der Waals surface area contributed by atoms with E-state index in [0.29, 0.717) is 0 Å². The van der Waals surface area contributed by atoms with Crippen LogP contribution >= 0.6 is 0 Å². The van der Waals surface area contributed by atoms with Crippen LogP contribution in [-0.4, -0.2) is 22.9 Å². The minimum atomic E-state index is 0.735. The van der Waals surface area contributed by atoms with Crippen LogP contribution in [-0.2, 0) is 6.54 Å². The Morgan fingerprint density at radius 1 is 1.35 bits per heavy atom. The fourth-order valence-corrected chi connectivity index (χ4v) is 2.25. The molecule has 3 rings (SSSR count). The summed E-state index contributed by atoms with van der Waals surface area (Å²) in [7, 11) is 0. The van der Waals surface area contributed by atoms with E-state index in [1.54, 1.807) is 0 Å². The second kappa shape index (κ2) is 4.34. The van der Waals surface area contributed by atoms with Gasteiger partial charge in [0.2, 0.25) is 0 Å². The highest BCUT2D eigenvalue weighted by Gasteiger charge is 2.18. The van der Waals surface area contributed by atoms with Crippen LogP contribution in [0.1, 0.15) is 5.56 Å². The first-order valence-corrected chi connectivity index (χ1v) is 6.12. The third-order valence-electron chi connectivity index (χ3n) is 3.33. The minimum absolute atomic E-state index is 0.735. The third-order valence-corrected chi connectivity index (χ3v) is 3.33. The van der Waals surface area contributed by atoms with Gasteiger partial charge in [-0.2, -0.15) is 5.10 Å². The molecular weight excluding hydrogens is 210 g/mol. The third kappa shape index (κ3) is 2.11. The van der Waals surface area contributed by atoms with Crippen LogP contribution in [0.15, 0.2) is 36.5 Å². The zero-order valence-electron chi connectivity index (χ0n) is 10.1. The Hall–Kier alpha value is -1.61. The van der Waals surface area contributed by atoms with Crippen LogP contribution in [0.5, 0.6) is 0 Å². The van der Waals surface area contributed by atoms with E-state index in [1.807, 2.05) is 6.20 Å².